The average molecular weight is 506 g/mol. The Kier molecular flexibility index (Phi) is 9.84. The van der Waals surface area contributed by atoms with E-state index in [0.717, 1.165) is 26.0 Å². The van der Waals surface area contributed by atoms with Crippen LogP contribution in [0.2, 0.25) is 0 Å². The van der Waals surface area contributed by atoms with E-state index in [9.17, 15) is 0 Å². The topological polar surface area (TPSA) is 41.9 Å². The van der Waals surface area contributed by atoms with E-state index in [1.165, 1.54) is 28.9 Å². The molecular formula is C20H27NO4S5. The Morgan fingerprint density at radius 2 is 1.77 bits per heavy atom. The third-order valence-corrected chi connectivity index (χ3v) is 11.2. The lowest BCUT2D eigenvalue weighted by molar-refractivity contribution is -0.169. The van der Waals surface area contributed by atoms with Crippen LogP contribution < -0.4 is 0 Å². The molecule has 1 fully saturated rings. The van der Waals surface area contributed by atoms with E-state index in [1.54, 1.807) is 0 Å². The first-order chi connectivity index (χ1) is 14.8. The van der Waals surface area contributed by atoms with Crippen molar-refractivity contribution in [1.82, 2.24) is 4.57 Å². The number of aromatic nitrogens is 1. The number of fused-ring (bicyclic) bond motifs is 1. The Bertz CT molecular complexity index is 735. The molecule has 0 aliphatic carbocycles. The van der Waals surface area contributed by atoms with Gasteiger partial charge < -0.3 is 23.5 Å². The SMILES string of the molecule is CSC1=CSC(=C2Sc3cn(CCOCCOCCOC4CCCCO4)cc3S2)S1. The number of hydrogen-bond donors (Lipinski definition) is 0. The van der Waals surface area contributed by atoms with Crippen molar-refractivity contribution < 1.29 is 18.9 Å². The lowest BCUT2D eigenvalue weighted by Crippen LogP contribution is -2.24. The van der Waals surface area contributed by atoms with E-state index in [-0.39, 0.29) is 6.29 Å². The number of hydrogen-bond acceptors (Lipinski definition) is 9. The highest BCUT2D eigenvalue weighted by molar-refractivity contribution is 8.37. The standard InChI is InChI=1S/C20H27NO4S5/c1-26-18-14-27-19(30-18)20-28-15-12-21(13-16(15)29-20)5-7-22-8-9-23-10-11-25-17-4-2-3-6-24-17/h12-14,17H,2-11H2,1H3. The maximum atomic E-state index is 5.71. The number of thioether (sulfide) groups is 5. The zero-order valence-corrected chi connectivity index (χ0v) is 21.1. The first kappa shape index (κ1) is 23.5. The van der Waals surface area contributed by atoms with E-state index >= 15 is 0 Å². The molecule has 1 aromatic heterocycles. The predicted molar refractivity (Wildman–Crippen MR) is 131 cm³/mol. The summed E-state index contributed by atoms with van der Waals surface area (Å²) in [5, 5.41) is 2.25. The fourth-order valence-electron chi connectivity index (χ4n) is 3.05. The monoisotopic (exact) mass is 505 g/mol. The highest BCUT2D eigenvalue weighted by Gasteiger charge is 2.25. The fourth-order valence-corrected chi connectivity index (χ4v) is 9.07. The van der Waals surface area contributed by atoms with E-state index in [4.69, 9.17) is 18.9 Å². The molecule has 3 aliphatic rings. The molecule has 0 aromatic carbocycles. The van der Waals surface area contributed by atoms with Crippen LogP contribution in [0.5, 0.6) is 0 Å². The fraction of sp³-hybridized carbons (Fsp3) is 0.600. The van der Waals surface area contributed by atoms with Crippen LogP contribution in [0.3, 0.4) is 0 Å². The summed E-state index contributed by atoms with van der Waals surface area (Å²) in [6.45, 7) is 4.75. The third-order valence-electron chi connectivity index (χ3n) is 4.57. The molecule has 1 saturated heterocycles. The van der Waals surface area contributed by atoms with E-state index in [2.05, 4.69) is 28.6 Å². The molecule has 5 nitrogen and oxygen atoms in total. The summed E-state index contributed by atoms with van der Waals surface area (Å²) in [4.78, 5) is 2.71. The molecule has 4 heterocycles. The second-order valence-electron chi connectivity index (χ2n) is 6.76. The Balaban J connectivity index is 1.05. The molecule has 0 bridgehead atoms. The number of nitrogens with zero attached hydrogens (tertiary/aromatic N) is 1. The van der Waals surface area contributed by atoms with Crippen molar-refractivity contribution in [1.29, 1.82) is 0 Å². The minimum Gasteiger partial charge on any atom is -0.377 e. The van der Waals surface area contributed by atoms with Gasteiger partial charge in [-0.3, -0.25) is 0 Å². The van der Waals surface area contributed by atoms with Crippen LogP contribution in [-0.4, -0.2) is 56.8 Å². The average Bonchev–Trinajstić information content (AvgIpc) is 3.48. The number of rotatable bonds is 11. The molecule has 1 aromatic rings. The van der Waals surface area contributed by atoms with Crippen LogP contribution in [0.25, 0.3) is 0 Å². The molecule has 4 rings (SSSR count). The maximum Gasteiger partial charge on any atom is 0.157 e. The first-order valence-electron chi connectivity index (χ1n) is 10.1. The van der Waals surface area contributed by atoms with E-state index < -0.39 is 0 Å². The van der Waals surface area contributed by atoms with Gasteiger partial charge in [0.15, 0.2) is 6.29 Å². The van der Waals surface area contributed by atoms with Crippen molar-refractivity contribution >= 4 is 58.8 Å². The zero-order valence-electron chi connectivity index (χ0n) is 17.0. The molecule has 0 saturated carbocycles. The summed E-state index contributed by atoms with van der Waals surface area (Å²) in [6.07, 6.45) is 9.90. The minimum atomic E-state index is -0.0365. The quantitative estimate of drug-likeness (QED) is 0.335. The van der Waals surface area contributed by atoms with Crippen LogP contribution >= 0.6 is 58.8 Å². The normalized spacial score (nSPS) is 21.4. The van der Waals surface area contributed by atoms with Crippen molar-refractivity contribution in [2.24, 2.45) is 0 Å². The van der Waals surface area contributed by atoms with Crippen molar-refractivity contribution in [2.75, 3.05) is 45.9 Å². The van der Waals surface area contributed by atoms with Gasteiger partial charge in [-0.05, 0) is 30.9 Å². The van der Waals surface area contributed by atoms with E-state index in [1.807, 2.05) is 58.8 Å². The molecule has 1 atom stereocenters. The molecule has 0 amide bonds. The van der Waals surface area contributed by atoms with Crippen LogP contribution in [0.4, 0.5) is 0 Å². The minimum absolute atomic E-state index is 0.0365. The second kappa shape index (κ2) is 12.6. The zero-order chi connectivity index (χ0) is 20.6. The van der Waals surface area contributed by atoms with Gasteiger partial charge in [0.1, 0.15) is 0 Å². The summed E-state index contributed by atoms with van der Waals surface area (Å²) >= 11 is 9.34. The second-order valence-corrected chi connectivity index (χ2v) is 12.4. The van der Waals surface area contributed by atoms with Gasteiger partial charge in [-0.1, -0.05) is 47.0 Å². The molecule has 3 aliphatic heterocycles. The highest BCUT2D eigenvalue weighted by atomic mass is 32.2. The predicted octanol–water partition coefficient (Wildman–Crippen LogP) is 6.03. The highest BCUT2D eigenvalue weighted by Crippen LogP contribution is 2.60. The van der Waals surface area contributed by atoms with Crippen LogP contribution in [0, 0.1) is 0 Å². The lowest BCUT2D eigenvalue weighted by atomic mass is 10.2. The van der Waals surface area contributed by atoms with Gasteiger partial charge in [0, 0.05) is 35.3 Å². The van der Waals surface area contributed by atoms with Crippen LogP contribution in [0.1, 0.15) is 19.3 Å². The smallest absolute Gasteiger partial charge is 0.157 e. The summed E-state index contributed by atoms with van der Waals surface area (Å²) in [7, 11) is 0. The Labute approximate surface area is 199 Å². The first-order valence-corrected chi connectivity index (χ1v) is 14.6. The third kappa shape index (κ3) is 6.92. The number of ether oxygens (including phenoxy) is 4. The molecule has 1 unspecified atom stereocenters. The Hall–Kier alpha value is 0.350. The van der Waals surface area contributed by atoms with Gasteiger partial charge in [0.05, 0.1) is 45.7 Å². The van der Waals surface area contributed by atoms with Crippen molar-refractivity contribution in [3.8, 4) is 0 Å². The molecule has 0 N–H and O–H groups in total. The summed E-state index contributed by atoms with van der Waals surface area (Å²) in [5.41, 5.74) is 0. The molecule has 10 heteroatoms. The summed E-state index contributed by atoms with van der Waals surface area (Å²) < 4.78 is 28.9. The summed E-state index contributed by atoms with van der Waals surface area (Å²) in [5.74, 6) is 0. The lowest BCUT2D eigenvalue weighted by Gasteiger charge is -2.22. The van der Waals surface area contributed by atoms with Crippen molar-refractivity contribution in [2.45, 2.75) is 41.9 Å². The largest absolute Gasteiger partial charge is 0.377 e. The Morgan fingerprint density at radius 1 is 1.00 bits per heavy atom. The van der Waals surface area contributed by atoms with Gasteiger partial charge in [0.25, 0.3) is 0 Å². The molecule has 0 spiro atoms. The maximum absolute atomic E-state index is 5.71. The Morgan fingerprint density at radius 3 is 2.47 bits per heavy atom. The molecular weight excluding hydrogens is 479 g/mol. The van der Waals surface area contributed by atoms with E-state index in [0.29, 0.717) is 33.0 Å². The van der Waals surface area contributed by atoms with Crippen molar-refractivity contribution in [3.63, 3.8) is 0 Å². The van der Waals surface area contributed by atoms with Gasteiger partial charge >= 0.3 is 0 Å². The van der Waals surface area contributed by atoms with Crippen LogP contribution in [0.15, 0.2) is 40.3 Å². The summed E-state index contributed by atoms with van der Waals surface area (Å²) in [6, 6.07) is 0. The van der Waals surface area contributed by atoms with Gasteiger partial charge in [0.2, 0.25) is 0 Å². The van der Waals surface area contributed by atoms with Crippen molar-refractivity contribution in [3.05, 3.63) is 30.5 Å². The van der Waals surface area contributed by atoms with Gasteiger partial charge in [-0.25, -0.2) is 0 Å². The van der Waals surface area contributed by atoms with Crippen LogP contribution in [-0.2, 0) is 25.5 Å². The molecule has 166 valence electrons. The molecule has 30 heavy (non-hydrogen) atoms. The van der Waals surface area contributed by atoms with Gasteiger partial charge in [-0.15, -0.1) is 11.8 Å². The molecule has 0 radical (unpaired) electrons. The van der Waals surface area contributed by atoms with Gasteiger partial charge in [-0.2, -0.15) is 0 Å².